The zero-order valence-corrected chi connectivity index (χ0v) is 21.9. The van der Waals surface area contributed by atoms with Crippen molar-refractivity contribution < 1.29 is 48.8 Å². The molecule has 1 fully saturated rings. The maximum Gasteiger partial charge on any atom is 0.428 e. The van der Waals surface area contributed by atoms with E-state index in [-0.39, 0.29) is 22.9 Å². The van der Waals surface area contributed by atoms with Crippen molar-refractivity contribution >= 4 is 44.6 Å². The van der Waals surface area contributed by atoms with Gasteiger partial charge in [-0.3, -0.25) is 15.1 Å². The highest BCUT2D eigenvalue weighted by Crippen LogP contribution is 2.50. The Bertz CT molecular complexity index is 1450. The average molecular weight is 621 g/mol. The van der Waals surface area contributed by atoms with Gasteiger partial charge in [-0.15, -0.1) is 0 Å². The van der Waals surface area contributed by atoms with E-state index >= 15 is 4.39 Å². The van der Waals surface area contributed by atoms with Gasteiger partial charge < -0.3 is 4.90 Å². The number of nitrogens with zero attached hydrogens (tertiary/aromatic N) is 1. The van der Waals surface area contributed by atoms with Gasteiger partial charge in [0.25, 0.3) is 0 Å². The fourth-order valence-corrected chi connectivity index (χ4v) is 5.24. The lowest BCUT2D eigenvalue weighted by atomic mass is 9.87. The maximum absolute atomic E-state index is 15.2. The molecule has 0 aliphatic carbocycles. The molecule has 6 nitrogen and oxygen atoms in total. The van der Waals surface area contributed by atoms with Crippen molar-refractivity contribution in [3.8, 4) is 0 Å². The average Bonchev–Trinajstić information content (AvgIpc) is 3.24. The molecule has 0 radical (unpaired) electrons. The Morgan fingerprint density at radius 1 is 1.05 bits per heavy atom. The van der Waals surface area contributed by atoms with Crippen LogP contribution in [0.25, 0.3) is 5.70 Å². The molecule has 1 unspecified atom stereocenters. The molecule has 0 aromatic heterocycles. The Morgan fingerprint density at radius 3 is 2.15 bits per heavy atom. The van der Waals surface area contributed by atoms with Crippen LogP contribution in [0.15, 0.2) is 42.5 Å². The third-order valence-corrected chi connectivity index (χ3v) is 7.76. The largest absolute Gasteiger partial charge is 0.428 e. The zero-order valence-electron chi connectivity index (χ0n) is 19.6. The molecular formula is C23H17Cl2F7N2O4S. The first-order chi connectivity index (χ1) is 17.8. The van der Waals surface area contributed by atoms with Gasteiger partial charge in [0, 0.05) is 11.8 Å². The molecule has 2 aromatic carbocycles. The van der Waals surface area contributed by atoms with Crippen LogP contribution in [0.1, 0.15) is 22.3 Å². The topological polar surface area (TPSA) is 75.7 Å². The summed E-state index contributed by atoms with van der Waals surface area (Å²) in [6.45, 7) is -0.832. The van der Waals surface area contributed by atoms with Crippen LogP contribution in [-0.2, 0) is 36.9 Å². The number of likely N-dealkylation sites (tertiary alicyclic amines) is 1. The lowest BCUT2D eigenvalue weighted by Crippen LogP contribution is -2.59. The number of halogens is 9. The molecule has 2 aliphatic heterocycles. The molecule has 4 rings (SSSR count). The molecule has 16 heteroatoms. The van der Waals surface area contributed by atoms with E-state index in [2.05, 4.69) is 5.48 Å². The molecule has 2 heterocycles. The summed E-state index contributed by atoms with van der Waals surface area (Å²) < 4.78 is 121. The molecule has 1 atom stereocenters. The Morgan fingerprint density at radius 2 is 1.64 bits per heavy atom. The van der Waals surface area contributed by atoms with Crippen molar-refractivity contribution in [1.29, 1.82) is 0 Å². The van der Waals surface area contributed by atoms with Crippen molar-refractivity contribution in [2.24, 2.45) is 0 Å². The van der Waals surface area contributed by atoms with E-state index in [9.17, 15) is 39.6 Å². The van der Waals surface area contributed by atoms with Crippen LogP contribution in [0, 0.1) is 0 Å². The Balaban J connectivity index is 1.62. The Hall–Kier alpha value is -2.55. The summed E-state index contributed by atoms with van der Waals surface area (Å²) >= 11 is 11.3. The smallest absolute Gasteiger partial charge is 0.335 e. The van der Waals surface area contributed by atoms with Crippen LogP contribution < -0.4 is 5.48 Å². The third kappa shape index (κ3) is 5.56. The highest BCUT2D eigenvalue weighted by atomic mass is 35.5. The van der Waals surface area contributed by atoms with Gasteiger partial charge in [-0.05, 0) is 29.3 Å². The summed E-state index contributed by atoms with van der Waals surface area (Å²) in [6, 6.07) is 5.84. The number of nitrogens with one attached hydrogen (secondary N) is 1. The first kappa shape index (κ1) is 29.4. The standard InChI is InChI=1S/C23H17Cl2F7N2O4S/c1-39(36,37)9-18(35)34-10-20(26,11-34)13-4-2-12(3-5-13)17-8-21(38-33-17,23(30,31)32)14-6-15(22(27,28)29)19(25)16(24)7-14/h2-8,33H,9-11H2,1H3. The predicted molar refractivity (Wildman–Crippen MR) is 127 cm³/mol. The van der Waals surface area contributed by atoms with Gasteiger partial charge in [0.2, 0.25) is 11.5 Å². The van der Waals surface area contributed by atoms with Gasteiger partial charge >= 0.3 is 12.4 Å². The fourth-order valence-electron chi connectivity index (χ4n) is 4.18. The minimum atomic E-state index is -5.25. The lowest BCUT2D eigenvalue weighted by molar-refractivity contribution is -0.269. The second kappa shape index (κ2) is 9.53. The van der Waals surface area contributed by atoms with Crippen LogP contribution in [0.4, 0.5) is 30.7 Å². The van der Waals surface area contributed by atoms with Crippen molar-refractivity contribution in [1.82, 2.24) is 10.4 Å². The fraction of sp³-hybridized carbons (Fsp3) is 0.348. The number of benzene rings is 2. The summed E-state index contributed by atoms with van der Waals surface area (Å²) in [5, 5.41) is -1.73. The molecular weight excluding hydrogens is 604 g/mol. The molecule has 1 amide bonds. The highest BCUT2D eigenvalue weighted by Gasteiger charge is 2.60. The van der Waals surface area contributed by atoms with Crippen LogP contribution in [0.2, 0.25) is 10.0 Å². The second-order valence-electron chi connectivity index (χ2n) is 9.18. The van der Waals surface area contributed by atoms with Gasteiger partial charge in [-0.1, -0.05) is 47.5 Å². The van der Waals surface area contributed by atoms with E-state index in [0.29, 0.717) is 12.1 Å². The molecule has 39 heavy (non-hydrogen) atoms. The van der Waals surface area contributed by atoms with Gasteiger partial charge in [-0.25, -0.2) is 12.8 Å². The Kier molecular flexibility index (Phi) is 7.19. The normalized spacial score (nSPS) is 21.3. The third-order valence-electron chi connectivity index (χ3n) is 6.19. The summed E-state index contributed by atoms with van der Waals surface area (Å²) in [5.41, 5.74) is -5.99. The number of rotatable bonds is 5. The summed E-state index contributed by atoms with van der Waals surface area (Å²) in [6.07, 6.45) is -8.96. The molecule has 2 aliphatic rings. The minimum Gasteiger partial charge on any atom is -0.335 e. The molecule has 212 valence electrons. The van der Waals surface area contributed by atoms with Crippen LogP contribution in [0.5, 0.6) is 0 Å². The summed E-state index contributed by atoms with van der Waals surface area (Å²) in [5.74, 6) is -1.54. The maximum atomic E-state index is 15.2. The summed E-state index contributed by atoms with van der Waals surface area (Å²) in [4.78, 5) is 17.8. The molecule has 0 spiro atoms. The van der Waals surface area contributed by atoms with Crippen LogP contribution in [0.3, 0.4) is 0 Å². The number of sulfone groups is 1. The van der Waals surface area contributed by atoms with Crippen molar-refractivity contribution in [2.75, 3.05) is 25.1 Å². The monoisotopic (exact) mass is 620 g/mol. The van der Waals surface area contributed by atoms with Gasteiger partial charge in [0.1, 0.15) is 5.75 Å². The van der Waals surface area contributed by atoms with Crippen molar-refractivity contribution in [3.63, 3.8) is 0 Å². The first-order valence-electron chi connectivity index (χ1n) is 10.8. The van der Waals surface area contributed by atoms with E-state index in [1.165, 1.54) is 24.3 Å². The number of carbonyl (C=O) groups is 1. The van der Waals surface area contributed by atoms with Gasteiger partial charge in [0.05, 0.1) is 34.4 Å². The van der Waals surface area contributed by atoms with Gasteiger partial charge in [-0.2, -0.15) is 26.3 Å². The number of hydroxylamine groups is 1. The number of hydrogen-bond donors (Lipinski definition) is 1. The highest BCUT2D eigenvalue weighted by molar-refractivity contribution is 7.91. The van der Waals surface area contributed by atoms with Crippen molar-refractivity contribution in [2.45, 2.75) is 23.6 Å². The molecule has 1 saturated heterocycles. The first-order valence-corrected chi connectivity index (χ1v) is 13.6. The lowest BCUT2D eigenvalue weighted by Gasteiger charge is -2.44. The number of hydrogen-bond acceptors (Lipinski definition) is 5. The van der Waals surface area contributed by atoms with Crippen LogP contribution >= 0.6 is 23.2 Å². The van der Waals surface area contributed by atoms with E-state index in [1.807, 2.05) is 0 Å². The molecule has 0 bridgehead atoms. The van der Waals surface area contributed by atoms with Crippen LogP contribution in [-0.4, -0.2) is 50.5 Å². The van der Waals surface area contributed by atoms with E-state index < -0.39 is 79.4 Å². The van der Waals surface area contributed by atoms with E-state index in [1.54, 1.807) is 0 Å². The number of alkyl halides is 7. The van der Waals surface area contributed by atoms with Gasteiger partial charge in [0.15, 0.2) is 15.5 Å². The van der Waals surface area contributed by atoms with E-state index in [4.69, 9.17) is 28.0 Å². The molecule has 1 N–H and O–H groups in total. The summed E-state index contributed by atoms with van der Waals surface area (Å²) in [7, 11) is -3.60. The quantitative estimate of drug-likeness (QED) is 0.453. The SMILES string of the molecule is CS(=O)(=O)CC(=O)N1CC(F)(c2ccc(C3=CC(c4cc(Cl)c(Cl)c(C(F)(F)F)c4)(C(F)(F)F)ON3)cc2)C1. The number of carbonyl (C=O) groups excluding carboxylic acids is 1. The zero-order chi connectivity index (χ0) is 29.2. The van der Waals surface area contributed by atoms with Crippen molar-refractivity contribution in [3.05, 3.63) is 74.8 Å². The number of amides is 1. The second-order valence-corrected chi connectivity index (χ2v) is 12.1. The molecule has 2 aromatic rings. The Labute approximate surface area is 227 Å². The molecule has 0 saturated carbocycles. The predicted octanol–water partition coefficient (Wildman–Crippen LogP) is 5.40. The minimum absolute atomic E-state index is 0.0777. The van der Waals surface area contributed by atoms with E-state index in [0.717, 1.165) is 11.2 Å².